The molecule has 0 aliphatic carbocycles. The van der Waals surface area contributed by atoms with Crippen LogP contribution in [0.3, 0.4) is 0 Å². The van der Waals surface area contributed by atoms with Gasteiger partial charge in [0.2, 0.25) is 0 Å². The molecule has 3 amide bonds. The second-order valence-corrected chi connectivity index (χ2v) is 5.97. The van der Waals surface area contributed by atoms with Crippen LogP contribution in [-0.4, -0.2) is 52.1 Å². The molecule has 0 bridgehead atoms. The number of esters is 1. The minimum atomic E-state index is -0.625. The molecule has 1 aliphatic rings. The van der Waals surface area contributed by atoms with Crippen molar-refractivity contribution in [3.05, 3.63) is 28.1 Å². The van der Waals surface area contributed by atoms with Crippen LogP contribution >= 0.6 is 11.3 Å². The second kappa shape index (κ2) is 6.79. The lowest BCUT2D eigenvalue weighted by Gasteiger charge is -2.12. The summed E-state index contributed by atoms with van der Waals surface area (Å²) in [5, 5.41) is 4.77. The van der Waals surface area contributed by atoms with E-state index < -0.39 is 24.5 Å². The molecular formula is C14H14N4O5S. The van der Waals surface area contributed by atoms with Gasteiger partial charge in [-0.25, -0.2) is 9.78 Å². The molecular weight excluding hydrogens is 336 g/mol. The zero-order chi connectivity index (χ0) is 17.1. The van der Waals surface area contributed by atoms with Gasteiger partial charge < -0.3 is 10.1 Å². The highest BCUT2D eigenvalue weighted by atomic mass is 32.1. The Morgan fingerprint density at radius 2 is 2.21 bits per heavy atom. The lowest BCUT2D eigenvalue weighted by molar-refractivity contribution is -0.150. The highest BCUT2D eigenvalue weighted by Gasteiger charge is 2.26. The van der Waals surface area contributed by atoms with Crippen LogP contribution in [0.2, 0.25) is 0 Å². The fourth-order valence-electron chi connectivity index (χ4n) is 2.27. The minimum absolute atomic E-state index is 0.0727. The van der Waals surface area contributed by atoms with Crippen molar-refractivity contribution in [3.8, 4) is 0 Å². The molecule has 2 aromatic heterocycles. The van der Waals surface area contributed by atoms with Crippen molar-refractivity contribution in [1.29, 1.82) is 0 Å². The van der Waals surface area contributed by atoms with Crippen molar-refractivity contribution < 1.29 is 19.1 Å². The third-order valence-corrected chi connectivity index (χ3v) is 4.34. The first kappa shape index (κ1) is 16.1. The molecule has 0 unspecified atom stereocenters. The number of rotatable bonds is 5. The van der Waals surface area contributed by atoms with Crippen molar-refractivity contribution in [2.45, 2.75) is 13.0 Å². The number of imide groups is 1. The fourth-order valence-corrected chi connectivity index (χ4v) is 2.99. The number of aryl methyl sites for hydroxylation is 1. The average molecular weight is 350 g/mol. The quantitative estimate of drug-likeness (QED) is 0.757. The van der Waals surface area contributed by atoms with Gasteiger partial charge in [0.1, 0.15) is 4.83 Å². The van der Waals surface area contributed by atoms with Crippen LogP contribution in [0.25, 0.3) is 10.2 Å². The van der Waals surface area contributed by atoms with Crippen LogP contribution in [-0.2, 0) is 20.9 Å². The fraction of sp³-hybridized carbons (Fsp3) is 0.357. The number of carbonyl (C=O) groups is 3. The lowest BCUT2D eigenvalue weighted by atomic mass is 10.4. The van der Waals surface area contributed by atoms with Gasteiger partial charge in [-0.3, -0.25) is 23.9 Å². The molecule has 3 rings (SSSR count). The molecule has 10 heteroatoms. The van der Waals surface area contributed by atoms with Gasteiger partial charge in [0.25, 0.3) is 11.5 Å². The predicted molar refractivity (Wildman–Crippen MR) is 84.6 cm³/mol. The Bertz CT molecular complexity index is 858. The first-order valence-electron chi connectivity index (χ1n) is 7.23. The first-order valence-corrected chi connectivity index (χ1v) is 8.10. The average Bonchev–Trinajstić information content (AvgIpc) is 3.21. The molecule has 0 radical (unpaired) electrons. The van der Waals surface area contributed by atoms with Crippen LogP contribution in [0.4, 0.5) is 4.79 Å². The van der Waals surface area contributed by atoms with Crippen molar-refractivity contribution >= 4 is 39.5 Å². The number of ether oxygens (including phenoxy) is 1. The van der Waals surface area contributed by atoms with Gasteiger partial charge in [0, 0.05) is 19.6 Å². The summed E-state index contributed by atoms with van der Waals surface area (Å²) in [6.45, 7) is 0.258. The lowest BCUT2D eigenvalue weighted by Crippen LogP contribution is -2.37. The van der Waals surface area contributed by atoms with Crippen molar-refractivity contribution in [2.75, 3.05) is 19.7 Å². The van der Waals surface area contributed by atoms with E-state index in [0.29, 0.717) is 16.8 Å². The summed E-state index contributed by atoms with van der Waals surface area (Å²) in [5.74, 6) is -1.20. The van der Waals surface area contributed by atoms with Crippen LogP contribution in [0.5, 0.6) is 0 Å². The molecule has 0 saturated carbocycles. The standard InChI is InChI=1S/C14H14N4O5S/c19-10(18-5-3-15-14(18)22)7-23-11(20)1-4-17-8-16-12-9(13(17)21)2-6-24-12/h2,6,8H,1,3-5,7H2,(H,15,22). The van der Waals surface area contributed by atoms with Gasteiger partial charge in [0.15, 0.2) is 6.61 Å². The van der Waals surface area contributed by atoms with Crippen LogP contribution in [0.15, 0.2) is 22.6 Å². The Morgan fingerprint density at radius 3 is 2.96 bits per heavy atom. The highest BCUT2D eigenvalue weighted by molar-refractivity contribution is 7.16. The molecule has 0 atom stereocenters. The number of nitrogens with one attached hydrogen (secondary N) is 1. The molecule has 0 spiro atoms. The summed E-state index contributed by atoms with van der Waals surface area (Å²) in [6, 6.07) is 1.20. The van der Waals surface area contributed by atoms with Gasteiger partial charge >= 0.3 is 12.0 Å². The Balaban J connectivity index is 1.51. The number of urea groups is 1. The van der Waals surface area contributed by atoms with Gasteiger partial charge in [-0.2, -0.15) is 0 Å². The normalized spacial score (nSPS) is 14.0. The number of carbonyl (C=O) groups excluding carboxylic acids is 3. The van der Waals surface area contributed by atoms with E-state index in [1.165, 1.54) is 22.2 Å². The van der Waals surface area contributed by atoms with E-state index in [9.17, 15) is 19.2 Å². The zero-order valence-electron chi connectivity index (χ0n) is 12.6. The second-order valence-electron chi connectivity index (χ2n) is 5.07. The SMILES string of the molecule is O=C(CCn1cnc2sccc2c1=O)OCC(=O)N1CCNC1=O. The molecule has 1 N–H and O–H groups in total. The molecule has 2 aromatic rings. The Labute approximate surface area is 139 Å². The van der Waals surface area contributed by atoms with Gasteiger partial charge in [-0.1, -0.05) is 0 Å². The van der Waals surface area contributed by atoms with Crippen LogP contribution < -0.4 is 10.9 Å². The maximum absolute atomic E-state index is 12.2. The van der Waals surface area contributed by atoms with Crippen LogP contribution in [0, 0.1) is 0 Å². The van der Waals surface area contributed by atoms with Crippen LogP contribution in [0.1, 0.15) is 6.42 Å². The number of amides is 3. The number of nitrogens with zero attached hydrogens (tertiary/aromatic N) is 3. The molecule has 3 heterocycles. The minimum Gasteiger partial charge on any atom is -0.455 e. The summed E-state index contributed by atoms with van der Waals surface area (Å²) < 4.78 is 6.18. The van der Waals surface area contributed by atoms with Gasteiger partial charge in [0.05, 0.1) is 18.1 Å². The predicted octanol–water partition coefficient (Wildman–Crippen LogP) is -0.0569. The molecule has 9 nitrogen and oxygen atoms in total. The Morgan fingerprint density at radius 1 is 1.38 bits per heavy atom. The maximum atomic E-state index is 12.2. The van der Waals surface area contributed by atoms with E-state index in [4.69, 9.17) is 4.74 Å². The van der Waals surface area contributed by atoms with Crippen molar-refractivity contribution in [2.24, 2.45) is 0 Å². The molecule has 1 saturated heterocycles. The van der Waals surface area contributed by atoms with E-state index in [1.807, 2.05) is 0 Å². The Kier molecular flexibility index (Phi) is 4.56. The van der Waals surface area contributed by atoms with Gasteiger partial charge in [-0.15, -0.1) is 11.3 Å². The number of fused-ring (bicyclic) bond motifs is 1. The molecule has 1 fully saturated rings. The van der Waals surface area contributed by atoms with E-state index in [2.05, 4.69) is 10.3 Å². The van der Waals surface area contributed by atoms with E-state index in [1.54, 1.807) is 11.4 Å². The Hall–Kier alpha value is -2.75. The number of aromatic nitrogens is 2. The van der Waals surface area contributed by atoms with Crippen molar-refractivity contribution in [1.82, 2.24) is 19.8 Å². The molecule has 24 heavy (non-hydrogen) atoms. The first-order chi connectivity index (χ1) is 11.6. The summed E-state index contributed by atoms with van der Waals surface area (Å²) in [6.07, 6.45) is 1.31. The van der Waals surface area contributed by atoms with E-state index >= 15 is 0 Å². The third-order valence-electron chi connectivity index (χ3n) is 3.52. The highest BCUT2D eigenvalue weighted by Crippen LogP contribution is 2.13. The van der Waals surface area contributed by atoms with E-state index in [-0.39, 0.29) is 25.1 Å². The maximum Gasteiger partial charge on any atom is 0.324 e. The molecule has 0 aromatic carbocycles. The summed E-state index contributed by atoms with van der Waals surface area (Å²) in [7, 11) is 0. The molecule has 126 valence electrons. The largest absolute Gasteiger partial charge is 0.455 e. The topological polar surface area (TPSA) is 111 Å². The van der Waals surface area contributed by atoms with Crippen molar-refractivity contribution in [3.63, 3.8) is 0 Å². The van der Waals surface area contributed by atoms with Gasteiger partial charge in [-0.05, 0) is 11.4 Å². The monoisotopic (exact) mass is 350 g/mol. The third kappa shape index (κ3) is 3.27. The zero-order valence-corrected chi connectivity index (χ0v) is 13.4. The molecule has 1 aliphatic heterocycles. The summed E-state index contributed by atoms with van der Waals surface area (Å²) in [4.78, 5) is 52.7. The summed E-state index contributed by atoms with van der Waals surface area (Å²) >= 11 is 1.37. The number of hydrogen-bond donors (Lipinski definition) is 1. The number of thiophene rings is 1. The van der Waals surface area contributed by atoms with E-state index in [0.717, 1.165) is 4.90 Å². The summed E-state index contributed by atoms with van der Waals surface area (Å²) in [5.41, 5.74) is -0.223. The number of hydrogen-bond acceptors (Lipinski definition) is 7. The smallest absolute Gasteiger partial charge is 0.324 e.